The molecule has 2 rings (SSSR count). The van der Waals surface area contributed by atoms with Crippen molar-refractivity contribution in [1.29, 1.82) is 0 Å². The van der Waals surface area contributed by atoms with E-state index < -0.39 is 34.6 Å². The van der Waals surface area contributed by atoms with Gasteiger partial charge in [-0.25, -0.2) is 13.1 Å². The van der Waals surface area contributed by atoms with E-state index in [4.69, 9.17) is 10.5 Å². The first-order chi connectivity index (χ1) is 9.40. The summed E-state index contributed by atoms with van der Waals surface area (Å²) >= 11 is 0. The van der Waals surface area contributed by atoms with E-state index in [0.717, 1.165) is 0 Å². The zero-order chi connectivity index (χ0) is 14.8. The largest absolute Gasteiger partial charge is 0.386 e. The predicted octanol–water partition coefficient (Wildman–Crippen LogP) is -1.84. The number of nitrogens with two attached hydrogens (primary N) is 1. The molecule has 1 saturated heterocycles. The van der Waals surface area contributed by atoms with E-state index in [0.29, 0.717) is 0 Å². The highest BCUT2D eigenvalue weighted by Crippen LogP contribution is 2.17. The van der Waals surface area contributed by atoms with Crippen molar-refractivity contribution in [3.8, 4) is 0 Å². The standard InChI is InChI=1S/C11H17N3O5S/c12-9-4-7(19-11(16)10(9)15)5-14-20(17,18)8-2-1-3-13-6-8/h1-3,6-7,9-11,14-16H,4-5,12H2/t7-,9?,10?,11+/m0/s1. The third-order valence-corrected chi connectivity index (χ3v) is 4.45. The van der Waals surface area contributed by atoms with Crippen molar-refractivity contribution in [3.05, 3.63) is 24.5 Å². The lowest BCUT2D eigenvalue weighted by Gasteiger charge is -2.35. The Morgan fingerprint density at radius 2 is 2.25 bits per heavy atom. The van der Waals surface area contributed by atoms with E-state index in [9.17, 15) is 18.6 Å². The molecule has 8 nitrogen and oxygen atoms in total. The molecule has 0 saturated carbocycles. The van der Waals surface area contributed by atoms with Crippen LogP contribution in [-0.2, 0) is 14.8 Å². The lowest BCUT2D eigenvalue weighted by atomic mass is 10.0. The summed E-state index contributed by atoms with van der Waals surface area (Å²) in [7, 11) is -3.69. The van der Waals surface area contributed by atoms with Crippen LogP contribution in [0.15, 0.2) is 29.4 Å². The van der Waals surface area contributed by atoms with Crippen LogP contribution in [0.25, 0.3) is 0 Å². The molecule has 5 N–H and O–H groups in total. The average Bonchev–Trinajstić information content (AvgIpc) is 2.43. The zero-order valence-electron chi connectivity index (χ0n) is 10.6. The number of hydrogen-bond donors (Lipinski definition) is 4. The highest BCUT2D eigenvalue weighted by atomic mass is 32.2. The summed E-state index contributed by atoms with van der Waals surface area (Å²) in [6.45, 7) is -0.0469. The SMILES string of the molecule is NC1C[C@@H](CNS(=O)(=O)c2cccnc2)O[C@@H](O)C1O. The summed E-state index contributed by atoms with van der Waals surface area (Å²) in [5, 5.41) is 18.8. The van der Waals surface area contributed by atoms with Gasteiger partial charge in [-0.3, -0.25) is 4.98 Å². The summed E-state index contributed by atoms with van der Waals surface area (Å²) < 4.78 is 31.3. The predicted molar refractivity (Wildman–Crippen MR) is 68.9 cm³/mol. The normalized spacial score (nSPS) is 31.1. The average molecular weight is 303 g/mol. The van der Waals surface area contributed by atoms with Crippen molar-refractivity contribution in [2.45, 2.75) is 35.9 Å². The number of aliphatic hydroxyl groups is 2. The van der Waals surface area contributed by atoms with Crippen molar-refractivity contribution in [2.75, 3.05) is 6.54 Å². The fraction of sp³-hybridized carbons (Fsp3) is 0.545. The van der Waals surface area contributed by atoms with Gasteiger partial charge in [-0.15, -0.1) is 0 Å². The number of hydrogen-bond acceptors (Lipinski definition) is 7. The maximum atomic E-state index is 12.0. The number of nitrogens with zero attached hydrogens (tertiary/aromatic N) is 1. The molecule has 2 unspecified atom stereocenters. The van der Waals surface area contributed by atoms with Gasteiger partial charge in [0, 0.05) is 25.0 Å². The monoisotopic (exact) mass is 303 g/mol. The van der Waals surface area contributed by atoms with Crippen LogP contribution in [0.1, 0.15) is 6.42 Å². The molecule has 112 valence electrons. The lowest BCUT2D eigenvalue weighted by Crippen LogP contribution is -2.54. The van der Waals surface area contributed by atoms with Crippen LogP contribution in [0.5, 0.6) is 0 Å². The summed E-state index contributed by atoms with van der Waals surface area (Å²) in [4.78, 5) is 3.78. The van der Waals surface area contributed by atoms with Crippen LogP contribution in [0.4, 0.5) is 0 Å². The molecule has 0 aliphatic carbocycles. The fourth-order valence-corrected chi connectivity index (χ4v) is 2.94. The molecule has 4 atom stereocenters. The van der Waals surface area contributed by atoms with Crippen LogP contribution in [0.3, 0.4) is 0 Å². The van der Waals surface area contributed by atoms with Crippen LogP contribution in [-0.4, -0.2) is 54.7 Å². The van der Waals surface area contributed by atoms with Gasteiger partial charge >= 0.3 is 0 Å². The number of ether oxygens (including phenoxy) is 1. The lowest BCUT2D eigenvalue weighted by molar-refractivity contribution is -0.218. The molecule has 20 heavy (non-hydrogen) atoms. The highest BCUT2D eigenvalue weighted by molar-refractivity contribution is 7.89. The Labute approximate surface area is 116 Å². The molecule has 2 heterocycles. The number of sulfonamides is 1. The number of nitrogens with one attached hydrogen (secondary N) is 1. The molecular weight excluding hydrogens is 286 g/mol. The van der Waals surface area contributed by atoms with Crippen molar-refractivity contribution < 1.29 is 23.4 Å². The Kier molecular flexibility index (Phi) is 4.68. The fourth-order valence-electron chi connectivity index (χ4n) is 1.91. The zero-order valence-corrected chi connectivity index (χ0v) is 11.4. The maximum absolute atomic E-state index is 12.0. The van der Waals surface area contributed by atoms with Gasteiger partial charge in [-0.05, 0) is 18.6 Å². The van der Waals surface area contributed by atoms with E-state index in [1.165, 1.54) is 24.5 Å². The summed E-state index contributed by atoms with van der Waals surface area (Å²) in [6, 6.07) is 2.27. The van der Waals surface area contributed by atoms with E-state index in [1.54, 1.807) is 0 Å². The Morgan fingerprint density at radius 3 is 2.85 bits per heavy atom. The van der Waals surface area contributed by atoms with E-state index >= 15 is 0 Å². The first kappa shape index (κ1) is 15.3. The summed E-state index contributed by atoms with van der Waals surface area (Å²) in [5.41, 5.74) is 5.63. The molecule has 0 amide bonds. The number of aliphatic hydroxyl groups excluding tert-OH is 2. The van der Waals surface area contributed by atoms with Gasteiger partial charge in [0.15, 0.2) is 6.29 Å². The van der Waals surface area contributed by atoms with Gasteiger partial charge < -0.3 is 20.7 Å². The van der Waals surface area contributed by atoms with Crippen molar-refractivity contribution in [1.82, 2.24) is 9.71 Å². The molecule has 9 heteroatoms. The van der Waals surface area contributed by atoms with Crippen molar-refractivity contribution in [3.63, 3.8) is 0 Å². The van der Waals surface area contributed by atoms with E-state index in [-0.39, 0.29) is 17.9 Å². The topological polar surface area (TPSA) is 135 Å². The van der Waals surface area contributed by atoms with Crippen molar-refractivity contribution >= 4 is 10.0 Å². The Morgan fingerprint density at radius 1 is 1.50 bits per heavy atom. The molecule has 1 aromatic heterocycles. The third kappa shape index (κ3) is 3.51. The first-order valence-corrected chi connectivity index (χ1v) is 7.55. The Balaban J connectivity index is 1.96. The second-order valence-electron chi connectivity index (χ2n) is 4.58. The smallest absolute Gasteiger partial charge is 0.242 e. The third-order valence-electron chi connectivity index (χ3n) is 3.04. The molecule has 1 aliphatic rings. The Bertz CT molecular complexity index is 526. The summed E-state index contributed by atoms with van der Waals surface area (Å²) in [5.74, 6) is 0. The van der Waals surface area contributed by atoms with Gasteiger partial charge in [0.2, 0.25) is 10.0 Å². The van der Waals surface area contributed by atoms with Gasteiger partial charge in [-0.1, -0.05) is 0 Å². The molecule has 1 aliphatic heterocycles. The van der Waals surface area contributed by atoms with Crippen LogP contribution < -0.4 is 10.5 Å². The minimum Gasteiger partial charge on any atom is -0.386 e. The van der Waals surface area contributed by atoms with Gasteiger partial charge in [-0.2, -0.15) is 0 Å². The Hall–Kier alpha value is -1.10. The van der Waals surface area contributed by atoms with Gasteiger partial charge in [0.1, 0.15) is 11.0 Å². The van der Waals surface area contributed by atoms with Crippen LogP contribution in [0, 0.1) is 0 Å². The molecule has 0 aromatic carbocycles. The molecule has 0 bridgehead atoms. The maximum Gasteiger partial charge on any atom is 0.242 e. The minimum atomic E-state index is -3.69. The summed E-state index contributed by atoms with van der Waals surface area (Å²) in [6.07, 6.45) is -0.231. The quantitative estimate of drug-likeness (QED) is 0.513. The van der Waals surface area contributed by atoms with Crippen LogP contribution in [0.2, 0.25) is 0 Å². The van der Waals surface area contributed by atoms with E-state index in [2.05, 4.69) is 9.71 Å². The molecule has 0 radical (unpaired) electrons. The van der Waals surface area contributed by atoms with Gasteiger partial charge in [0.05, 0.1) is 6.10 Å². The number of pyridine rings is 1. The van der Waals surface area contributed by atoms with Crippen molar-refractivity contribution in [2.24, 2.45) is 5.73 Å². The van der Waals surface area contributed by atoms with E-state index in [1.807, 2.05) is 0 Å². The molecule has 1 fully saturated rings. The second kappa shape index (κ2) is 6.12. The van der Waals surface area contributed by atoms with Gasteiger partial charge in [0.25, 0.3) is 0 Å². The second-order valence-corrected chi connectivity index (χ2v) is 6.35. The minimum absolute atomic E-state index is 0.0423. The van der Waals surface area contributed by atoms with Crippen LogP contribution >= 0.6 is 0 Å². The molecule has 0 spiro atoms. The number of rotatable bonds is 4. The molecular formula is C11H17N3O5S. The highest BCUT2D eigenvalue weighted by Gasteiger charge is 2.34. The first-order valence-electron chi connectivity index (χ1n) is 6.07. The molecule has 1 aromatic rings. The number of aromatic nitrogens is 1.